The Balaban J connectivity index is 1.37. The molecule has 2 heterocycles. The summed E-state index contributed by atoms with van der Waals surface area (Å²) < 4.78 is 7.17. The highest BCUT2D eigenvalue weighted by Crippen LogP contribution is 2.29. The van der Waals surface area contributed by atoms with E-state index in [1.54, 1.807) is 59.8 Å². The fourth-order valence-corrected chi connectivity index (χ4v) is 3.95. The van der Waals surface area contributed by atoms with E-state index in [1.165, 1.54) is 7.11 Å². The van der Waals surface area contributed by atoms with Gasteiger partial charge in [0.15, 0.2) is 0 Å². The SMILES string of the molecule is COc1ccccc1C(=O)Nc1ccc(C(=O)N2CCc3nncn3-c3ccccc32)cc1. The molecule has 0 fully saturated rings. The lowest BCUT2D eigenvalue weighted by molar-refractivity contribution is 0.0986. The Bertz CT molecular complexity index is 1330. The number of benzene rings is 3. The predicted molar refractivity (Wildman–Crippen MR) is 124 cm³/mol. The Morgan fingerprint density at radius 2 is 1.67 bits per heavy atom. The van der Waals surface area contributed by atoms with Gasteiger partial charge >= 0.3 is 0 Å². The fraction of sp³-hybridized carbons (Fsp3) is 0.120. The van der Waals surface area contributed by atoms with Crippen LogP contribution >= 0.6 is 0 Å². The summed E-state index contributed by atoms with van der Waals surface area (Å²) in [6.45, 7) is 0.487. The zero-order valence-corrected chi connectivity index (χ0v) is 17.9. The number of carbonyl (C=O) groups is 2. The summed E-state index contributed by atoms with van der Waals surface area (Å²) in [5, 5.41) is 11.0. The molecule has 0 atom stereocenters. The molecule has 1 aromatic heterocycles. The molecule has 4 aromatic rings. The zero-order valence-electron chi connectivity index (χ0n) is 17.9. The topological polar surface area (TPSA) is 89.3 Å². The van der Waals surface area contributed by atoms with Crippen molar-refractivity contribution in [1.82, 2.24) is 14.8 Å². The van der Waals surface area contributed by atoms with Crippen LogP contribution in [0.25, 0.3) is 5.69 Å². The van der Waals surface area contributed by atoms with Crippen molar-refractivity contribution in [3.8, 4) is 11.4 Å². The maximum Gasteiger partial charge on any atom is 0.259 e. The molecule has 8 nitrogen and oxygen atoms in total. The van der Waals surface area contributed by atoms with Gasteiger partial charge in [0, 0.05) is 24.2 Å². The van der Waals surface area contributed by atoms with Crippen LogP contribution in [0.2, 0.25) is 0 Å². The number of aromatic nitrogens is 3. The second-order valence-corrected chi connectivity index (χ2v) is 7.54. The molecule has 1 aliphatic rings. The lowest BCUT2D eigenvalue weighted by Gasteiger charge is -2.23. The van der Waals surface area contributed by atoms with Crippen LogP contribution in [-0.2, 0) is 6.42 Å². The molecule has 3 aromatic carbocycles. The van der Waals surface area contributed by atoms with Crippen molar-refractivity contribution in [2.75, 3.05) is 23.9 Å². The number of hydrogen-bond donors (Lipinski definition) is 1. The van der Waals surface area contributed by atoms with Gasteiger partial charge in [-0.3, -0.25) is 14.2 Å². The van der Waals surface area contributed by atoms with Crippen molar-refractivity contribution in [1.29, 1.82) is 0 Å². The van der Waals surface area contributed by atoms with Crippen LogP contribution in [0.1, 0.15) is 26.5 Å². The van der Waals surface area contributed by atoms with Crippen LogP contribution in [0.4, 0.5) is 11.4 Å². The number of hydrogen-bond acceptors (Lipinski definition) is 5. The first-order valence-corrected chi connectivity index (χ1v) is 10.5. The average molecular weight is 439 g/mol. The standard InChI is InChI=1S/C25H21N5O3/c1-33-22-9-5-2-6-19(22)24(31)27-18-12-10-17(11-13-18)25(32)29-15-14-23-28-26-16-30(23)21-8-4-3-7-20(21)29/h2-13,16H,14-15H2,1H3,(H,27,31). The van der Waals surface area contributed by atoms with Gasteiger partial charge in [-0.15, -0.1) is 10.2 Å². The molecule has 1 N–H and O–H groups in total. The molecule has 0 saturated heterocycles. The zero-order chi connectivity index (χ0) is 22.8. The Hall–Kier alpha value is -4.46. The van der Waals surface area contributed by atoms with Crippen LogP contribution in [-0.4, -0.2) is 40.2 Å². The quantitative estimate of drug-likeness (QED) is 0.523. The smallest absolute Gasteiger partial charge is 0.259 e. The second-order valence-electron chi connectivity index (χ2n) is 7.54. The van der Waals surface area contributed by atoms with Crippen LogP contribution in [0, 0.1) is 0 Å². The molecular weight excluding hydrogens is 418 g/mol. The van der Waals surface area contributed by atoms with Gasteiger partial charge in [-0.2, -0.15) is 0 Å². The Morgan fingerprint density at radius 1 is 0.939 bits per heavy atom. The van der Waals surface area contributed by atoms with Crippen molar-refractivity contribution >= 4 is 23.2 Å². The first-order chi connectivity index (χ1) is 16.2. The summed E-state index contributed by atoms with van der Waals surface area (Å²) >= 11 is 0. The number of ether oxygens (including phenoxy) is 1. The molecule has 164 valence electrons. The number of nitrogens with zero attached hydrogens (tertiary/aromatic N) is 4. The molecule has 0 bridgehead atoms. The lowest BCUT2D eigenvalue weighted by Crippen LogP contribution is -2.32. The molecule has 0 spiro atoms. The molecule has 2 amide bonds. The number of anilines is 2. The number of fused-ring (bicyclic) bond motifs is 3. The van der Waals surface area contributed by atoms with Crippen LogP contribution in [0.15, 0.2) is 79.1 Å². The first-order valence-electron chi connectivity index (χ1n) is 10.5. The Labute approximate surface area is 190 Å². The summed E-state index contributed by atoms with van der Waals surface area (Å²) in [5.74, 6) is 0.906. The van der Waals surface area contributed by atoms with Gasteiger partial charge in [0.1, 0.15) is 17.9 Å². The lowest BCUT2D eigenvalue weighted by atomic mass is 10.1. The van der Waals surface area contributed by atoms with Gasteiger partial charge in [0.25, 0.3) is 11.8 Å². The minimum Gasteiger partial charge on any atom is -0.496 e. The highest BCUT2D eigenvalue weighted by Gasteiger charge is 2.25. The van der Waals surface area contributed by atoms with Gasteiger partial charge in [-0.05, 0) is 48.5 Å². The Kier molecular flexibility index (Phi) is 5.32. The molecule has 1 aliphatic heterocycles. The predicted octanol–water partition coefficient (Wildman–Crippen LogP) is 3.73. The number of methoxy groups -OCH3 is 1. The van der Waals surface area contributed by atoms with Gasteiger partial charge in [0.2, 0.25) is 0 Å². The molecule has 0 saturated carbocycles. The highest BCUT2D eigenvalue weighted by atomic mass is 16.5. The van der Waals surface area contributed by atoms with E-state index in [0.29, 0.717) is 35.5 Å². The maximum atomic E-state index is 13.4. The number of carbonyl (C=O) groups excluding carboxylic acids is 2. The van der Waals surface area contributed by atoms with E-state index in [1.807, 2.05) is 28.8 Å². The molecule has 0 unspecified atom stereocenters. The second kappa shape index (κ2) is 8.58. The minimum atomic E-state index is -0.281. The molecule has 0 radical (unpaired) electrons. The van der Waals surface area contributed by atoms with Gasteiger partial charge in [-0.1, -0.05) is 24.3 Å². The highest BCUT2D eigenvalue weighted by molar-refractivity contribution is 6.08. The van der Waals surface area contributed by atoms with Gasteiger partial charge < -0.3 is 15.0 Å². The summed E-state index contributed by atoms with van der Waals surface area (Å²) in [6, 6.07) is 21.6. The monoisotopic (exact) mass is 439 g/mol. The van der Waals surface area contributed by atoms with Crippen molar-refractivity contribution in [3.05, 3.63) is 96.1 Å². The van der Waals surface area contributed by atoms with Crippen molar-refractivity contribution in [2.24, 2.45) is 0 Å². The number of amides is 2. The van der Waals surface area contributed by atoms with E-state index < -0.39 is 0 Å². The molecule has 33 heavy (non-hydrogen) atoms. The summed E-state index contributed by atoms with van der Waals surface area (Å²) in [7, 11) is 1.52. The number of rotatable bonds is 4. The normalized spacial score (nSPS) is 12.3. The van der Waals surface area contributed by atoms with Crippen LogP contribution in [0.3, 0.4) is 0 Å². The summed E-state index contributed by atoms with van der Waals surface area (Å²) in [4.78, 5) is 27.8. The number of nitrogens with one attached hydrogen (secondary N) is 1. The van der Waals surface area contributed by atoms with E-state index in [4.69, 9.17) is 4.74 Å². The molecule has 5 rings (SSSR count). The molecular formula is C25H21N5O3. The maximum absolute atomic E-state index is 13.4. The number of para-hydroxylation sites is 3. The van der Waals surface area contributed by atoms with E-state index in [2.05, 4.69) is 15.5 Å². The molecule has 8 heteroatoms. The van der Waals surface area contributed by atoms with E-state index >= 15 is 0 Å². The average Bonchev–Trinajstić information content (AvgIpc) is 3.27. The van der Waals surface area contributed by atoms with E-state index in [-0.39, 0.29) is 11.8 Å². The van der Waals surface area contributed by atoms with Crippen molar-refractivity contribution in [3.63, 3.8) is 0 Å². The summed E-state index contributed by atoms with van der Waals surface area (Å²) in [6.07, 6.45) is 2.26. The third kappa shape index (κ3) is 3.82. The van der Waals surface area contributed by atoms with Gasteiger partial charge in [-0.25, -0.2) is 0 Å². The molecule has 0 aliphatic carbocycles. The minimum absolute atomic E-state index is 0.122. The fourth-order valence-electron chi connectivity index (χ4n) is 3.95. The summed E-state index contributed by atoms with van der Waals surface area (Å²) in [5.41, 5.74) is 3.22. The van der Waals surface area contributed by atoms with Crippen molar-refractivity contribution < 1.29 is 14.3 Å². The van der Waals surface area contributed by atoms with E-state index in [9.17, 15) is 9.59 Å². The first kappa shape index (κ1) is 20.4. The van der Waals surface area contributed by atoms with Crippen LogP contribution < -0.4 is 15.0 Å². The Morgan fingerprint density at radius 3 is 2.45 bits per heavy atom. The van der Waals surface area contributed by atoms with Gasteiger partial charge in [0.05, 0.1) is 24.0 Å². The third-order valence-electron chi connectivity index (χ3n) is 5.60. The van der Waals surface area contributed by atoms with Crippen molar-refractivity contribution in [2.45, 2.75) is 6.42 Å². The largest absolute Gasteiger partial charge is 0.496 e. The van der Waals surface area contributed by atoms with Crippen LogP contribution in [0.5, 0.6) is 5.75 Å². The third-order valence-corrected chi connectivity index (χ3v) is 5.60. The van der Waals surface area contributed by atoms with E-state index in [0.717, 1.165) is 17.2 Å².